The van der Waals surface area contributed by atoms with Gasteiger partial charge >= 0.3 is 0 Å². The van der Waals surface area contributed by atoms with Crippen molar-refractivity contribution in [3.63, 3.8) is 0 Å². The Hall–Kier alpha value is -0.540. The highest BCUT2D eigenvalue weighted by Gasteiger charge is 2.10. The number of rotatable bonds is 1. The van der Waals surface area contributed by atoms with Gasteiger partial charge in [-0.2, -0.15) is 0 Å². The predicted octanol–water partition coefficient (Wildman–Crippen LogP) is 3.83. The summed E-state index contributed by atoms with van der Waals surface area (Å²) >= 11 is 3.95. The van der Waals surface area contributed by atoms with Gasteiger partial charge in [-0.05, 0) is 48.1 Å². The third kappa shape index (κ3) is 2.73. The van der Waals surface area contributed by atoms with Crippen LogP contribution in [0.3, 0.4) is 0 Å². The Morgan fingerprint density at radius 1 is 1.27 bits per heavy atom. The molecular weight excluding hydrogens is 222 g/mol. The molecule has 2 N–H and O–H groups in total. The maximum absolute atomic E-state index is 5.79. The van der Waals surface area contributed by atoms with Gasteiger partial charge in [0.25, 0.3) is 0 Å². The maximum Gasteiger partial charge on any atom is 0.0436 e. The molecule has 0 aromatic heterocycles. The van der Waals surface area contributed by atoms with E-state index in [1.807, 2.05) is 35.7 Å². The molecule has 1 fully saturated rings. The Kier molecular flexibility index (Phi) is 3.65. The topological polar surface area (TPSA) is 26.0 Å². The quantitative estimate of drug-likeness (QED) is 0.752. The van der Waals surface area contributed by atoms with Crippen molar-refractivity contribution in [1.82, 2.24) is 0 Å². The molecule has 2 rings (SSSR count). The average Bonchev–Trinajstić information content (AvgIpc) is 2.29. The minimum absolute atomic E-state index is 0.846. The Balaban J connectivity index is 2.29. The van der Waals surface area contributed by atoms with Crippen molar-refractivity contribution in [2.24, 2.45) is 0 Å². The zero-order valence-electron chi connectivity index (χ0n) is 8.82. The first-order valence-electron chi connectivity index (χ1n) is 5.10. The van der Waals surface area contributed by atoms with Gasteiger partial charge in [0, 0.05) is 9.92 Å². The minimum atomic E-state index is 0.846. The molecule has 1 aromatic rings. The van der Waals surface area contributed by atoms with E-state index < -0.39 is 0 Å². The molecule has 0 aliphatic carbocycles. The van der Waals surface area contributed by atoms with Gasteiger partial charge in [-0.3, -0.25) is 0 Å². The first kappa shape index (κ1) is 11.0. The molecule has 0 amide bonds. The SMILES string of the molecule is CC(=C1SCCCS1)c1cccc(N)c1. The second kappa shape index (κ2) is 4.99. The summed E-state index contributed by atoms with van der Waals surface area (Å²) in [4.78, 5) is 0. The molecule has 1 saturated heterocycles. The molecule has 0 atom stereocenters. The van der Waals surface area contributed by atoms with Gasteiger partial charge in [0.2, 0.25) is 0 Å². The first-order valence-corrected chi connectivity index (χ1v) is 7.07. The van der Waals surface area contributed by atoms with E-state index in [1.165, 1.54) is 33.3 Å². The normalized spacial score (nSPS) is 16.5. The zero-order valence-corrected chi connectivity index (χ0v) is 10.5. The smallest absolute Gasteiger partial charge is 0.0436 e. The molecule has 1 aliphatic heterocycles. The fraction of sp³-hybridized carbons (Fsp3) is 0.333. The molecule has 3 heteroatoms. The van der Waals surface area contributed by atoms with Gasteiger partial charge in [-0.1, -0.05) is 12.1 Å². The number of benzene rings is 1. The van der Waals surface area contributed by atoms with Gasteiger partial charge in [-0.15, -0.1) is 23.5 Å². The van der Waals surface area contributed by atoms with E-state index in [-0.39, 0.29) is 0 Å². The van der Waals surface area contributed by atoms with E-state index >= 15 is 0 Å². The standard InChI is InChI=1S/C12H15NS2/c1-9(12-14-6-3-7-15-12)10-4-2-5-11(13)8-10/h2,4-5,8H,3,6-7,13H2,1H3. The Bertz CT molecular complexity index is 377. The lowest BCUT2D eigenvalue weighted by Crippen LogP contribution is -1.94. The minimum Gasteiger partial charge on any atom is -0.399 e. The number of nitrogen functional groups attached to an aromatic ring is 1. The van der Waals surface area contributed by atoms with E-state index in [0.717, 1.165) is 5.69 Å². The van der Waals surface area contributed by atoms with E-state index in [4.69, 9.17) is 5.73 Å². The molecule has 1 nitrogen and oxygen atoms in total. The second-order valence-corrected chi connectivity index (χ2v) is 6.06. The Labute approximate surface area is 99.5 Å². The molecule has 1 aliphatic rings. The predicted molar refractivity (Wildman–Crippen MR) is 73.0 cm³/mol. The molecule has 15 heavy (non-hydrogen) atoms. The monoisotopic (exact) mass is 237 g/mol. The molecular formula is C12H15NS2. The summed E-state index contributed by atoms with van der Waals surface area (Å²) in [5.74, 6) is 2.50. The van der Waals surface area contributed by atoms with Gasteiger partial charge in [0.15, 0.2) is 0 Å². The summed E-state index contributed by atoms with van der Waals surface area (Å²) in [6.07, 6.45) is 1.32. The van der Waals surface area contributed by atoms with Crippen LogP contribution < -0.4 is 5.73 Å². The fourth-order valence-corrected chi connectivity index (χ4v) is 4.17. The highest BCUT2D eigenvalue weighted by molar-refractivity contribution is 8.23. The van der Waals surface area contributed by atoms with Crippen LogP contribution in [0.15, 0.2) is 28.5 Å². The van der Waals surface area contributed by atoms with Gasteiger partial charge in [-0.25, -0.2) is 0 Å². The van der Waals surface area contributed by atoms with Crippen LogP contribution in [0.1, 0.15) is 18.9 Å². The third-order valence-electron chi connectivity index (χ3n) is 2.38. The van der Waals surface area contributed by atoms with Crippen molar-refractivity contribution in [2.75, 3.05) is 17.2 Å². The number of hydrogen-bond donors (Lipinski definition) is 1. The molecule has 0 saturated carbocycles. The number of allylic oxidation sites excluding steroid dienone is 1. The Morgan fingerprint density at radius 3 is 2.67 bits per heavy atom. The van der Waals surface area contributed by atoms with Gasteiger partial charge in [0.05, 0.1) is 0 Å². The van der Waals surface area contributed by atoms with Gasteiger partial charge in [0.1, 0.15) is 0 Å². The van der Waals surface area contributed by atoms with Crippen LogP contribution in [0.4, 0.5) is 5.69 Å². The van der Waals surface area contributed by atoms with Crippen LogP contribution in [-0.2, 0) is 0 Å². The summed E-state index contributed by atoms with van der Waals surface area (Å²) in [7, 11) is 0. The first-order chi connectivity index (χ1) is 7.27. The lowest BCUT2D eigenvalue weighted by Gasteiger charge is -2.16. The van der Waals surface area contributed by atoms with Crippen molar-refractivity contribution in [3.05, 3.63) is 34.1 Å². The summed E-state index contributed by atoms with van der Waals surface area (Å²) in [5, 5.41) is 0. The molecule has 1 aromatic carbocycles. The highest BCUT2D eigenvalue weighted by Crippen LogP contribution is 2.40. The number of anilines is 1. The second-order valence-electron chi connectivity index (χ2n) is 3.59. The zero-order chi connectivity index (χ0) is 10.7. The van der Waals surface area contributed by atoms with Crippen molar-refractivity contribution >= 4 is 34.8 Å². The Morgan fingerprint density at radius 2 is 2.00 bits per heavy atom. The fourth-order valence-electron chi connectivity index (χ4n) is 1.54. The van der Waals surface area contributed by atoms with Crippen molar-refractivity contribution in [2.45, 2.75) is 13.3 Å². The van der Waals surface area contributed by atoms with Crippen molar-refractivity contribution < 1.29 is 0 Å². The molecule has 1 heterocycles. The van der Waals surface area contributed by atoms with E-state index in [2.05, 4.69) is 19.1 Å². The summed E-state index contributed by atoms with van der Waals surface area (Å²) in [5.41, 5.74) is 9.26. The summed E-state index contributed by atoms with van der Waals surface area (Å²) in [6.45, 7) is 2.19. The molecule has 80 valence electrons. The average molecular weight is 237 g/mol. The van der Waals surface area contributed by atoms with Crippen LogP contribution in [-0.4, -0.2) is 11.5 Å². The van der Waals surface area contributed by atoms with Gasteiger partial charge < -0.3 is 5.73 Å². The van der Waals surface area contributed by atoms with Crippen LogP contribution in [0.2, 0.25) is 0 Å². The largest absolute Gasteiger partial charge is 0.399 e. The van der Waals surface area contributed by atoms with E-state index in [9.17, 15) is 0 Å². The van der Waals surface area contributed by atoms with E-state index in [1.54, 1.807) is 0 Å². The molecule has 0 unspecified atom stereocenters. The molecule has 0 bridgehead atoms. The van der Waals surface area contributed by atoms with Crippen LogP contribution >= 0.6 is 23.5 Å². The number of nitrogens with two attached hydrogens (primary N) is 1. The van der Waals surface area contributed by atoms with Crippen LogP contribution in [0.25, 0.3) is 5.57 Å². The number of thioether (sulfide) groups is 2. The third-order valence-corrected chi connectivity index (χ3v) is 5.21. The number of hydrogen-bond acceptors (Lipinski definition) is 3. The van der Waals surface area contributed by atoms with Crippen LogP contribution in [0, 0.1) is 0 Å². The highest BCUT2D eigenvalue weighted by atomic mass is 32.2. The molecule has 0 spiro atoms. The summed E-state index contributed by atoms with van der Waals surface area (Å²) in [6, 6.07) is 8.14. The summed E-state index contributed by atoms with van der Waals surface area (Å²) < 4.78 is 1.46. The lowest BCUT2D eigenvalue weighted by molar-refractivity contribution is 1.12. The maximum atomic E-state index is 5.79. The van der Waals surface area contributed by atoms with Crippen LogP contribution in [0.5, 0.6) is 0 Å². The lowest BCUT2D eigenvalue weighted by atomic mass is 10.1. The van der Waals surface area contributed by atoms with E-state index in [0.29, 0.717) is 0 Å². The van der Waals surface area contributed by atoms with Crippen molar-refractivity contribution in [3.8, 4) is 0 Å². The molecule has 0 radical (unpaired) electrons. The van der Waals surface area contributed by atoms with Crippen molar-refractivity contribution in [1.29, 1.82) is 0 Å².